The normalized spacial score (nSPS) is 10.1. The van der Waals surface area contributed by atoms with Crippen LogP contribution < -0.4 is 4.74 Å². The van der Waals surface area contributed by atoms with E-state index in [2.05, 4.69) is 25.9 Å². The van der Waals surface area contributed by atoms with Gasteiger partial charge in [-0.25, -0.2) is 9.97 Å². The Kier molecular flexibility index (Phi) is 3.48. The molecule has 0 fully saturated rings. The number of aromatic nitrogens is 2. The Bertz CT molecular complexity index is 456. The molecule has 82 valence electrons. The highest BCUT2D eigenvalue weighted by Gasteiger charge is 2.00. The number of nitrogens with zero attached hydrogens (tertiary/aromatic N) is 2. The van der Waals surface area contributed by atoms with Crippen molar-refractivity contribution in [2.75, 3.05) is 0 Å². The van der Waals surface area contributed by atoms with Gasteiger partial charge in [0.15, 0.2) is 0 Å². The van der Waals surface area contributed by atoms with Gasteiger partial charge < -0.3 is 9.84 Å². The molecule has 0 saturated heterocycles. The minimum Gasteiger partial charge on any atom is -0.424 e. The second-order valence-corrected chi connectivity index (χ2v) is 4.00. The first-order chi connectivity index (χ1) is 7.78. The van der Waals surface area contributed by atoms with Crippen LogP contribution in [-0.4, -0.2) is 15.1 Å². The molecule has 0 saturated carbocycles. The van der Waals surface area contributed by atoms with E-state index in [0.29, 0.717) is 11.3 Å². The summed E-state index contributed by atoms with van der Waals surface area (Å²) in [4.78, 5) is 7.92. The summed E-state index contributed by atoms with van der Waals surface area (Å²) >= 11 is 3.34. The molecule has 0 atom stereocenters. The Morgan fingerprint density at radius 3 is 2.31 bits per heavy atom. The summed E-state index contributed by atoms with van der Waals surface area (Å²) < 4.78 is 6.39. The number of aliphatic hydroxyl groups is 1. The van der Waals surface area contributed by atoms with Crippen LogP contribution in [-0.2, 0) is 6.61 Å². The molecule has 0 bridgehead atoms. The van der Waals surface area contributed by atoms with Gasteiger partial charge in [0.1, 0.15) is 5.75 Å². The van der Waals surface area contributed by atoms with Crippen LogP contribution in [0.1, 0.15) is 5.56 Å². The number of benzene rings is 1. The van der Waals surface area contributed by atoms with E-state index >= 15 is 0 Å². The van der Waals surface area contributed by atoms with Crippen LogP contribution in [0.5, 0.6) is 11.8 Å². The van der Waals surface area contributed by atoms with Gasteiger partial charge in [-0.1, -0.05) is 15.9 Å². The lowest BCUT2D eigenvalue weighted by Crippen LogP contribution is -1.93. The summed E-state index contributed by atoms with van der Waals surface area (Å²) in [5.41, 5.74) is 0.656. The number of ether oxygens (including phenoxy) is 1. The Labute approximate surface area is 101 Å². The van der Waals surface area contributed by atoms with Gasteiger partial charge in [0.05, 0.1) is 6.61 Å². The lowest BCUT2D eigenvalue weighted by atomic mass is 10.3. The van der Waals surface area contributed by atoms with Gasteiger partial charge >= 0.3 is 6.01 Å². The Balaban J connectivity index is 2.11. The van der Waals surface area contributed by atoms with Crippen LogP contribution in [0.2, 0.25) is 0 Å². The second-order valence-electron chi connectivity index (χ2n) is 3.09. The first-order valence-corrected chi connectivity index (χ1v) is 5.42. The summed E-state index contributed by atoms with van der Waals surface area (Å²) in [5, 5.41) is 8.82. The molecular weight excluding hydrogens is 272 g/mol. The fourth-order valence-electron chi connectivity index (χ4n) is 1.09. The lowest BCUT2D eigenvalue weighted by Gasteiger charge is -2.03. The zero-order valence-electron chi connectivity index (χ0n) is 8.30. The number of halogens is 1. The average molecular weight is 281 g/mol. The first kappa shape index (κ1) is 11.0. The smallest absolute Gasteiger partial charge is 0.321 e. The molecule has 1 N–H and O–H groups in total. The third kappa shape index (κ3) is 2.77. The highest BCUT2D eigenvalue weighted by Crippen LogP contribution is 2.20. The standard InChI is InChI=1S/C11H9BrN2O2/c12-9-1-3-10(4-2-9)16-11-13-5-8(7-15)6-14-11/h1-6,15H,7H2. The summed E-state index contributed by atoms with van der Waals surface area (Å²) in [7, 11) is 0. The predicted octanol–water partition coefficient (Wildman–Crippen LogP) is 2.52. The van der Waals surface area contributed by atoms with Crippen LogP contribution in [0, 0.1) is 0 Å². The fourth-order valence-corrected chi connectivity index (χ4v) is 1.35. The van der Waals surface area contributed by atoms with Crippen LogP contribution >= 0.6 is 15.9 Å². The minimum atomic E-state index is -0.0709. The van der Waals surface area contributed by atoms with Crippen molar-refractivity contribution in [1.82, 2.24) is 9.97 Å². The molecule has 0 unspecified atom stereocenters. The number of hydrogen-bond donors (Lipinski definition) is 1. The molecule has 0 aliphatic rings. The van der Waals surface area contributed by atoms with Crippen molar-refractivity contribution in [3.05, 3.63) is 46.7 Å². The number of rotatable bonds is 3. The zero-order chi connectivity index (χ0) is 11.4. The molecule has 0 aliphatic carbocycles. The Morgan fingerprint density at radius 2 is 1.75 bits per heavy atom. The second kappa shape index (κ2) is 5.05. The summed E-state index contributed by atoms with van der Waals surface area (Å²) in [5.74, 6) is 0.667. The molecule has 16 heavy (non-hydrogen) atoms. The van der Waals surface area contributed by atoms with E-state index in [1.54, 1.807) is 0 Å². The highest BCUT2D eigenvalue weighted by atomic mass is 79.9. The minimum absolute atomic E-state index is 0.0709. The van der Waals surface area contributed by atoms with Gasteiger partial charge in [-0.3, -0.25) is 0 Å². The molecule has 0 spiro atoms. The molecule has 2 rings (SSSR count). The van der Waals surface area contributed by atoms with E-state index in [-0.39, 0.29) is 12.6 Å². The average Bonchev–Trinajstić information content (AvgIpc) is 2.33. The monoisotopic (exact) mass is 280 g/mol. The molecular formula is C11H9BrN2O2. The number of aliphatic hydroxyl groups excluding tert-OH is 1. The molecule has 0 aliphatic heterocycles. The fraction of sp³-hybridized carbons (Fsp3) is 0.0909. The molecule has 1 aromatic heterocycles. The molecule has 0 radical (unpaired) electrons. The van der Waals surface area contributed by atoms with Gasteiger partial charge in [-0.2, -0.15) is 0 Å². The maximum Gasteiger partial charge on any atom is 0.321 e. The van der Waals surface area contributed by atoms with Crippen LogP contribution in [0.25, 0.3) is 0 Å². The van der Waals surface area contributed by atoms with Crippen molar-refractivity contribution in [2.45, 2.75) is 6.61 Å². The molecule has 5 heteroatoms. The van der Waals surface area contributed by atoms with Crippen molar-refractivity contribution >= 4 is 15.9 Å². The van der Waals surface area contributed by atoms with Gasteiger partial charge in [0, 0.05) is 22.4 Å². The Morgan fingerprint density at radius 1 is 1.12 bits per heavy atom. The quantitative estimate of drug-likeness (QED) is 0.939. The molecule has 2 aromatic rings. The summed E-state index contributed by atoms with van der Waals surface area (Å²) in [6, 6.07) is 7.63. The van der Waals surface area contributed by atoms with Gasteiger partial charge in [-0.05, 0) is 24.3 Å². The third-order valence-electron chi connectivity index (χ3n) is 1.89. The van der Waals surface area contributed by atoms with E-state index < -0.39 is 0 Å². The molecule has 0 amide bonds. The molecule has 1 aromatic carbocycles. The van der Waals surface area contributed by atoms with Crippen molar-refractivity contribution in [1.29, 1.82) is 0 Å². The topological polar surface area (TPSA) is 55.2 Å². The van der Waals surface area contributed by atoms with Gasteiger partial charge in [-0.15, -0.1) is 0 Å². The molecule has 4 nitrogen and oxygen atoms in total. The van der Waals surface area contributed by atoms with Crippen LogP contribution in [0.3, 0.4) is 0 Å². The van der Waals surface area contributed by atoms with E-state index in [0.717, 1.165) is 4.47 Å². The number of hydrogen-bond acceptors (Lipinski definition) is 4. The Hall–Kier alpha value is -1.46. The van der Waals surface area contributed by atoms with Crippen LogP contribution in [0.15, 0.2) is 41.1 Å². The zero-order valence-corrected chi connectivity index (χ0v) is 9.89. The first-order valence-electron chi connectivity index (χ1n) is 4.63. The van der Waals surface area contributed by atoms with Crippen molar-refractivity contribution in [3.63, 3.8) is 0 Å². The van der Waals surface area contributed by atoms with Crippen molar-refractivity contribution in [3.8, 4) is 11.8 Å². The maximum absolute atomic E-state index is 8.82. The lowest BCUT2D eigenvalue weighted by molar-refractivity contribution is 0.280. The van der Waals surface area contributed by atoms with Crippen molar-refractivity contribution < 1.29 is 9.84 Å². The van der Waals surface area contributed by atoms with Crippen molar-refractivity contribution in [2.24, 2.45) is 0 Å². The third-order valence-corrected chi connectivity index (χ3v) is 2.42. The van der Waals surface area contributed by atoms with E-state index in [4.69, 9.17) is 9.84 Å². The largest absolute Gasteiger partial charge is 0.424 e. The van der Waals surface area contributed by atoms with E-state index in [1.165, 1.54) is 12.4 Å². The van der Waals surface area contributed by atoms with E-state index in [9.17, 15) is 0 Å². The predicted molar refractivity (Wildman–Crippen MR) is 62.2 cm³/mol. The highest BCUT2D eigenvalue weighted by molar-refractivity contribution is 9.10. The SMILES string of the molecule is OCc1cnc(Oc2ccc(Br)cc2)nc1. The summed E-state index contributed by atoms with van der Waals surface area (Å²) in [6.45, 7) is -0.0709. The van der Waals surface area contributed by atoms with Gasteiger partial charge in [0.2, 0.25) is 0 Å². The van der Waals surface area contributed by atoms with Crippen LogP contribution in [0.4, 0.5) is 0 Å². The van der Waals surface area contributed by atoms with Gasteiger partial charge in [0.25, 0.3) is 0 Å². The maximum atomic E-state index is 8.82. The van der Waals surface area contributed by atoms with E-state index in [1.807, 2.05) is 24.3 Å². The summed E-state index contributed by atoms with van der Waals surface area (Å²) in [6.07, 6.45) is 3.06. The molecule has 1 heterocycles.